The summed E-state index contributed by atoms with van der Waals surface area (Å²) in [6, 6.07) is 10.3. The maximum Gasteiger partial charge on any atom is 0.169 e. The number of benzene rings is 2. The molecule has 2 aromatic carbocycles. The summed E-state index contributed by atoms with van der Waals surface area (Å²) < 4.78 is 24.6. The molecular formula is C17H20FNO2. The average Bonchev–Trinajstić information content (AvgIpc) is 2.50. The van der Waals surface area contributed by atoms with Crippen molar-refractivity contribution in [2.75, 3.05) is 13.7 Å². The first-order valence-corrected chi connectivity index (χ1v) is 7.01. The smallest absolute Gasteiger partial charge is 0.169 e. The van der Waals surface area contributed by atoms with E-state index in [0.717, 1.165) is 12.0 Å². The van der Waals surface area contributed by atoms with Crippen LogP contribution in [0.1, 0.15) is 18.1 Å². The zero-order chi connectivity index (χ0) is 15.2. The molecule has 2 rings (SSSR count). The molecule has 0 atom stereocenters. The van der Waals surface area contributed by atoms with Gasteiger partial charge in [-0.05, 0) is 60.8 Å². The molecule has 0 aliphatic rings. The van der Waals surface area contributed by atoms with E-state index in [1.165, 1.54) is 17.7 Å². The molecule has 0 bridgehead atoms. The highest BCUT2D eigenvalue weighted by Gasteiger charge is 2.10. The molecule has 4 heteroatoms. The number of methoxy groups -OCH3 is 1. The van der Waals surface area contributed by atoms with Crippen molar-refractivity contribution in [2.45, 2.75) is 19.8 Å². The second kappa shape index (κ2) is 7.09. The van der Waals surface area contributed by atoms with E-state index in [9.17, 15) is 4.39 Å². The summed E-state index contributed by atoms with van der Waals surface area (Å²) >= 11 is 0. The van der Waals surface area contributed by atoms with Gasteiger partial charge >= 0.3 is 0 Å². The fraction of sp³-hybridized carbons (Fsp3) is 0.294. The third kappa shape index (κ3) is 3.73. The highest BCUT2D eigenvalue weighted by atomic mass is 19.1. The van der Waals surface area contributed by atoms with E-state index < -0.39 is 0 Å². The summed E-state index contributed by atoms with van der Waals surface area (Å²) in [4.78, 5) is 0. The lowest BCUT2D eigenvalue weighted by Gasteiger charge is -2.14. The number of aryl methyl sites for hydroxylation is 1. The molecule has 0 fully saturated rings. The molecule has 0 amide bonds. The largest absolute Gasteiger partial charge is 0.493 e. The van der Waals surface area contributed by atoms with Gasteiger partial charge in [-0.2, -0.15) is 0 Å². The lowest BCUT2D eigenvalue weighted by molar-refractivity contribution is 0.377. The molecule has 0 heterocycles. The van der Waals surface area contributed by atoms with Crippen molar-refractivity contribution in [3.63, 3.8) is 0 Å². The summed E-state index contributed by atoms with van der Waals surface area (Å²) in [7, 11) is 1.60. The molecule has 2 aromatic rings. The van der Waals surface area contributed by atoms with Crippen molar-refractivity contribution < 1.29 is 13.9 Å². The standard InChI is InChI=1S/C17H20FNO2/c1-3-12-4-6-16(17(10-12)20-2)21-15-7-5-14(18)11-13(15)8-9-19/h4-7,10-11H,3,8-9,19H2,1-2H3. The molecule has 2 N–H and O–H groups in total. The van der Waals surface area contributed by atoms with E-state index in [2.05, 4.69) is 6.92 Å². The van der Waals surface area contributed by atoms with Crippen LogP contribution < -0.4 is 15.2 Å². The average molecular weight is 289 g/mol. The predicted octanol–water partition coefficient (Wildman–Crippen LogP) is 3.69. The summed E-state index contributed by atoms with van der Waals surface area (Å²) in [5, 5.41) is 0. The summed E-state index contributed by atoms with van der Waals surface area (Å²) in [6.07, 6.45) is 1.48. The van der Waals surface area contributed by atoms with Gasteiger partial charge in [0.05, 0.1) is 7.11 Å². The Kier molecular flexibility index (Phi) is 5.17. The Morgan fingerprint density at radius 3 is 2.48 bits per heavy atom. The number of halogens is 1. The van der Waals surface area contributed by atoms with E-state index in [4.69, 9.17) is 15.2 Å². The fourth-order valence-electron chi connectivity index (χ4n) is 2.13. The van der Waals surface area contributed by atoms with Gasteiger partial charge in [0.2, 0.25) is 0 Å². The van der Waals surface area contributed by atoms with Crippen molar-refractivity contribution in [1.82, 2.24) is 0 Å². The number of rotatable bonds is 6. The Labute approximate surface area is 124 Å². The van der Waals surface area contributed by atoms with Crippen LogP contribution in [0.4, 0.5) is 4.39 Å². The second-order valence-electron chi connectivity index (χ2n) is 4.73. The molecule has 21 heavy (non-hydrogen) atoms. The third-order valence-electron chi connectivity index (χ3n) is 3.29. The Hall–Kier alpha value is -2.07. The Balaban J connectivity index is 2.33. The van der Waals surface area contributed by atoms with E-state index in [-0.39, 0.29) is 5.82 Å². The van der Waals surface area contributed by atoms with Gasteiger partial charge in [-0.3, -0.25) is 0 Å². The van der Waals surface area contributed by atoms with Crippen LogP contribution in [0.2, 0.25) is 0 Å². The van der Waals surface area contributed by atoms with E-state index in [0.29, 0.717) is 30.2 Å². The van der Waals surface area contributed by atoms with Gasteiger partial charge in [-0.15, -0.1) is 0 Å². The number of ether oxygens (including phenoxy) is 2. The Morgan fingerprint density at radius 2 is 1.81 bits per heavy atom. The topological polar surface area (TPSA) is 44.5 Å². The van der Waals surface area contributed by atoms with E-state index in [1.54, 1.807) is 13.2 Å². The first-order valence-electron chi connectivity index (χ1n) is 7.01. The van der Waals surface area contributed by atoms with Crippen LogP contribution in [0.5, 0.6) is 17.2 Å². The number of hydrogen-bond acceptors (Lipinski definition) is 3. The van der Waals surface area contributed by atoms with Gasteiger partial charge in [0.25, 0.3) is 0 Å². The summed E-state index contributed by atoms with van der Waals surface area (Å²) in [5.41, 5.74) is 7.48. The number of nitrogens with two attached hydrogens (primary N) is 1. The van der Waals surface area contributed by atoms with Gasteiger partial charge in [0.15, 0.2) is 11.5 Å². The zero-order valence-corrected chi connectivity index (χ0v) is 12.4. The minimum atomic E-state index is -0.293. The molecule has 112 valence electrons. The first kappa shape index (κ1) is 15.3. The Bertz CT molecular complexity index is 614. The molecule has 0 aromatic heterocycles. The van der Waals surface area contributed by atoms with Gasteiger partial charge < -0.3 is 15.2 Å². The molecule has 0 radical (unpaired) electrons. The van der Waals surface area contributed by atoms with Gasteiger partial charge in [-0.25, -0.2) is 4.39 Å². The molecule has 0 aliphatic carbocycles. The summed E-state index contributed by atoms with van der Waals surface area (Å²) in [5.74, 6) is 1.58. The maximum absolute atomic E-state index is 13.3. The highest BCUT2D eigenvalue weighted by Crippen LogP contribution is 2.34. The van der Waals surface area contributed by atoms with Crippen LogP contribution in [-0.2, 0) is 12.8 Å². The quantitative estimate of drug-likeness (QED) is 0.882. The lowest BCUT2D eigenvalue weighted by atomic mass is 10.1. The summed E-state index contributed by atoms with van der Waals surface area (Å²) in [6.45, 7) is 2.51. The van der Waals surface area contributed by atoms with Gasteiger partial charge in [0, 0.05) is 0 Å². The van der Waals surface area contributed by atoms with Crippen LogP contribution in [0.3, 0.4) is 0 Å². The molecular weight excluding hydrogens is 269 g/mol. The normalized spacial score (nSPS) is 10.5. The lowest BCUT2D eigenvalue weighted by Crippen LogP contribution is -2.04. The molecule has 0 unspecified atom stereocenters. The zero-order valence-electron chi connectivity index (χ0n) is 12.4. The number of hydrogen-bond donors (Lipinski definition) is 1. The fourth-order valence-corrected chi connectivity index (χ4v) is 2.13. The first-order chi connectivity index (χ1) is 10.2. The molecule has 0 saturated heterocycles. The second-order valence-corrected chi connectivity index (χ2v) is 4.73. The van der Waals surface area contributed by atoms with Crippen molar-refractivity contribution >= 4 is 0 Å². The Morgan fingerprint density at radius 1 is 1.05 bits per heavy atom. The van der Waals surface area contributed by atoms with Gasteiger partial charge in [0.1, 0.15) is 11.6 Å². The van der Waals surface area contributed by atoms with E-state index >= 15 is 0 Å². The SMILES string of the molecule is CCc1ccc(Oc2ccc(F)cc2CCN)c(OC)c1. The molecule has 0 spiro atoms. The van der Waals surface area contributed by atoms with Crippen molar-refractivity contribution in [2.24, 2.45) is 5.73 Å². The van der Waals surface area contributed by atoms with Crippen LogP contribution >= 0.6 is 0 Å². The van der Waals surface area contributed by atoms with Crippen molar-refractivity contribution in [3.05, 3.63) is 53.3 Å². The van der Waals surface area contributed by atoms with E-state index in [1.807, 2.05) is 18.2 Å². The molecule has 0 aliphatic heterocycles. The highest BCUT2D eigenvalue weighted by molar-refractivity contribution is 5.47. The van der Waals surface area contributed by atoms with Crippen LogP contribution in [0.15, 0.2) is 36.4 Å². The van der Waals surface area contributed by atoms with Crippen LogP contribution in [0, 0.1) is 5.82 Å². The van der Waals surface area contributed by atoms with Crippen LogP contribution in [-0.4, -0.2) is 13.7 Å². The van der Waals surface area contributed by atoms with Crippen LogP contribution in [0.25, 0.3) is 0 Å². The molecule has 0 saturated carbocycles. The predicted molar refractivity (Wildman–Crippen MR) is 81.6 cm³/mol. The monoisotopic (exact) mass is 289 g/mol. The maximum atomic E-state index is 13.3. The van der Waals surface area contributed by atoms with Crippen molar-refractivity contribution in [3.8, 4) is 17.2 Å². The minimum Gasteiger partial charge on any atom is -0.493 e. The van der Waals surface area contributed by atoms with Gasteiger partial charge in [-0.1, -0.05) is 13.0 Å². The minimum absolute atomic E-state index is 0.293. The molecule has 3 nitrogen and oxygen atoms in total. The third-order valence-corrected chi connectivity index (χ3v) is 3.29. The van der Waals surface area contributed by atoms with Crippen molar-refractivity contribution in [1.29, 1.82) is 0 Å².